The Balaban J connectivity index is 1.26. The Bertz CT molecular complexity index is 1130. The topological polar surface area (TPSA) is 89.3 Å². The second-order valence-corrected chi connectivity index (χ2v) is 6.78. The minimum absolute atomic E-state index is 0.111. The number of ether oxygens (including phenoxy) is 1. The van der Waals surface area contributed by atoms with Crippen molar-refractivity contribution in [1.29, 1.82) is 0 Å². The molecule has 2 aromatic carbocycles. The number of oxazole rings is 1. The summed E-state index contributed by atoms with van der Waals surface area (Å²) in [6.07, 6.45) is 1.68. The molecule has 30 heavy (non-hydrogen) atoms. The van der Waals surface area contributed by atoms with Gasteiger partial charge in [0.15, 0.2) is 22.9 Å². The van der Waals surface area contributed by atoms with Gasteiger partial charge in [0.25, 0.3) is 5.91 Å². The molecule has 0 aliphatic heterocycles. The molecule has 0 aliphatic rings. The number of nitrogens with one attached hydrogen (secondary N) is 2. The molecule has 1 amide bonds. The fourth-order valence-electron chi connectivity index (χ4n) is 2.71. The molecule has 0 atom stereocenters. The zero-order valence-corrected chi connectivity index (χ0v) is 16.7. The van der Waals surface area contributed by atoms with Crippen LogP contribution in [-0.2, 0) is 11.3 Å². The number of carbonyl (C=O) groups is 1. The van der Waals surface area contributed by atoms with E-state index in [0.717, 1.165) is 11.1 Å². The third kappa shape index (κ3) is 4.98. The predicted molar refractivity (Wildman–Crippen MR) is 117 cm³/mol. The first-order valence-corrected chi connectivity index (χ1v) is 9.64. The van der Waals surface area contributed by atoms with Crippen molar-refractivity contribution in [3.8, 4) is 17.2 Å². The number of benzene rings is 2. The monoisotopic (exact) mass is 418 g/mol. The largest absolute Gasteiger partial charge is 0.484 e. The molecule has 4 aromatic rings. The van der Waals surface area contributed by atoms with Gasteiger partial charge >= 0.3 is 0 Å². The Morgan fingerprint density at radius 2 is 1.83 bits per heavy atom. The molecule has 7 nitrogen and oxygen atoms in total. The van der Waals surface area contributed by atoms with Crippen molar-refractivity contribution in [2.45, 2.75) is 6.54 Å². The molecule has 0 aliphatic carbocycles. The minimum atomic E-state index is -0.323. The number of amides is 1. The summed E-state index contributed by atoms with van der Waals surface area (Å²) in [5.74, 6) is 0.821. The van der Waals surface area contributed by atoms with E-state index < -0.39 is 0 Å². The van der Waals surface area contributed by atoms with E-state index >= 15 is 0 Å². The smallest absolute Gasteiger partial charge is 0.264 e. The van der Waals surface area contributed by atoms with Crippen LogP contribution in [0.3, 0.4) is 0 Å². The molecule has 0 saturated heterocycles. The van der Waals surface area contributed by atoms with Crippen LogP contribution in [0.5, 0.6) is 5.75 Å². The predicted octanol–water partition coefficient (Wildman–Crippen LogP) is 3.46. The van der Waals surface area contributed by atoms with Crippen LogP contribution in [-0.4, -0.2) is 27.6 Å². The van der Waals surface area contributed by atoms with Crippen LogP contribution in [0.15, 0.2) is 77.3 Å². The summed E-state index contributed by atoms with van der Waals surface area (Å²) in [5, 5.41) is 5.84. The second-order valence-electron chi connectivity index (χ2n) is 6.37. The lowest BCUT2D eigenvalue weighted by molar-refractivity contribution is -0.121. The first-order valence-electron chi connectivity index (χ1n) is 9.24. The molecule has 2 heterocycles. The molecule has 0 unspecified atom stereocenters. The first kappa shape index (κ1) is 19.5. The van der Waals surface area contributed by atoms with E-state index in [1.807, 2.05) is 54.6 Å². The molecule has 2 aromatic heterocycles. The van der Waals surface area contributed by atoms with Crippen molar-refractivity contribution in [1.82, 2.24) is 20.6 Å². The molecule has 0 radical (unpaired) electrons. The third-order valence-corrected chi connectivity index (χ3v) is 4.43. The fraction of sp³-hybridized carbons (Fsp3) is 0.0909. The number of hydrogen-bond acceptors (Lipinski definition) is 6. The molecule has 0 spiro atoms. The number of carbonyl (C=O) groups excluding carboxylic acids is 1. The van der Waals surface area contributed by atoms with Crippen molar-refractivity contribution in [2.24, 2.45) is 0 Å². The lowest BCUT2D eigenvalue weighted by atomic mass is 10.1. The normalized spacial score (nSPS) is 10.5. The van der Waals surface area contributed by atoms with Gasteiger partial charge in [0.05, 0.1) is 0 Å². The highest BCUT2D eigenvalue weighted by Gasteiger charge is 2.09. The molecule has 0 fully saturated rings. The summed E-state index contributed by atoms with van der Waals surface area (Å²) in [6.45, 7) is 0.355. The Kier molecular flexibility index (Phi) is 5.95. The number of thiocarbonyl (C=S) groups is 1. The number of aromatic nitrogens is 2. The maximum atomic E-state index is 11.9. The van der Waals surface area contributed by atoms with Gasteiger partial charge in [-0.2, -0.15) is 4.98 Å². The standard InChI is InChI=1S/C22H18N4O3S/c27-19(14-28-17-5-2-1-3-6-17)25-22(30)24-13-15-8-10-16(11-9-15)21-26-20-18(29-21)7-4-12-23-20/h1-12H,13-14H2,(H2,24,25,27,30). The lowest BCUT2D eigenvalue weighted by Gasteiger charge is -2.10. The molecule has 0 saturated carbocycles. The van der Waals surface area contributed by atoms with E-state index in [1.54, 1.807) is 18.3 Å². The maximum absolute atomic E-state index is 11.9. The summed E-state index contributed by atoms with van der Waals surface area (Å²) in [7, 11) is 0. The number of nitrogens with zero attached hydrogens (tertiary/aromatic N) is 2. The Morgan fingerprint density at radius 3 is 2.60 bits per heavy atom. The fourth-order valence-corrected chi connectivity index (χ4v) is 2.90. The van der Waals surface area contributed by atoms with Crippen LogP contribution in [0.2, 0.25) is 0 Å². The van der Waals surface area contributed by atoms with E-state index in [0.29, 0.717) is 29.4 Å². The van der Waals surface area contributed by atoms with Crippen molar-refractivity contribution in [3.63, 3.8) is 0 Å². The Hall–Kier alpha value is -3.78. The van der Waals surface area contributed by atoms with Gasteiger partial charge in [-0.3, -0.25) is 4.79 Å². The average molecular weight is 418 g/mol. The molecule has 8 heteroatoms. The molecule has 4 rings (SSSR count). The van der Waals surface area contributed by atoms with Gasteiger partial charge in [-0.05, 0) is 54.2 Å². The highest BCUT2D eigenvalue weighted by Crippen LogP contribution is 2.23. The van der Waals surface area contributed by atoms with E-state index in [-0.39, 0.29) is 17.6 Å². The maximum Gasteiger partial charge on any atom is 0.264 e. The van der Waals surface area contributed by atoms with Crippen LogP contribution in [0, 0.1) is 0 Å². The first-order chi connectivity index (χ1) is 14.7. The van der Waals surface area contributed by atoms with Gasteiger partial charge in [-0.1, -0.05) is 30.3 Å². The van der Waals surface area contributed by atoms with E-state index in [2.05, 4.69) is 20.6 Å². The van der Waals surface area contributed by atoms with Crippen LogP contribution in [0.4, 0.5) is 0 Å². The van der Waals surface area contributed by atoms with Gasteiger partial charge in [-0.25, -0.2) is 4.98 Å². The zero-order chi connectivity index (χ0) is 20.8. The summed E-state index contributed by atoms with van der Waals surface area (Å²) in [5.41, 5.74) is 3.07. The van der Waals surface area contributed by atoms with Gasteiger partial charge in [0, 0.05) is 18.3 Å². The number of hydrogen-bond donors (Lipinski definition) is 2. The second kappa shape index (κ2) is 9.15. The van der Waals surface area contributed by atoms with Crippen LogP contribution < -0.4 is 15.4 Å². The van der Waals surface area contributed by atoms with Gasteiger partial charge < -0.3 is 19.8 Å². The minimum Gasteiger partial charge on any atom is -0.484 e. The van der Waals surface area contributed by atoms with Gasteiger partial charge in [-0.15, -0.1) is 0 Å². The number of pyridine rings is 1. The highest BCUT2D eigenvalue weighted by molar-refractivity contribution is 7.80. The van der Waals surface area contributed by atoms with Gasteiger partial charge in [0.1, 0.15) is 5.75 Å². The summed E-state index contributed by atoms with van der Waals surface area (Å²) < 4.78 is 11.1. The summed E-state index contributed by atoms with van der Waals surface area (Å²) >= 11 is 5.17. The van der Waals surface area contributed by atoms with Crippen molar-refractivity contribution < 1.29 is 13.9 Å². The van der Waals surface area contributed by atoms with Crippen LogP contribution in [0.25, 0.3) is 22.7 Å². The molecule has 150 valence electrons. The number of rotatable bonds is 6. The van der Waals surface area contributed by atoms with Gasteiger partial charge in [0.2, 0.25) is 5.89 Å². The summed E-state index contributed by atoms with van der Waals surface area (Å²) in [4.78, 5) is 20.5. The Morgan fingerprint density at radius 1 is 1.03 bits per heavy atom. The van der Waals surface area contributed by atoms with Crippen molar-refractivity contribution in [2.75, 3.05) is 6.61 Å². The summed E-state index contributed by atoms with van der Waals surface area (Å²) in [6, 6.07) is 20.5. The third-order valence-electron chi connectivity index (χ3n) is 4.18. The van der Waals surface area contributed by atoms with E-state index in [1.165, 1.54) is 0 Å². The van der Waals surface area contributed by atoms with Crippen LogP contribution >= 0.6 is 12.2 Å². The zero-order valence-electron chi connectivity index (χ0n) is 15.9. The molecule has 2 N–H and O–H groups in total. The number of fused-ring (bicyclic) bond motifs is 1. The van der Waals surface area contributed by atoms with Crippen molar-refractivity contribution >= 4 is 34.5 Å². The average Bonchev–Trinajstić information content (AvgIpc) is 3.22. The molecule has 0 bridgehead atoms. The quantitative estimate of drug-likeness (QED) is 0.464. The molecular weight excluding hydrogens is 400 g/mol. The molecular formula is C22H18N4O3S. The number of para-hydroxylation sites is 1. The van der Waals surface area contributed by atoms with Crippen LogP contribution in [0.1, 0.15) is 5.56 Å². The Labute approximate surface area is 178 Å². The van der Waals surface area contributed by atoms with E-state index in [4.69, 9.17) is 21.4 Å². The lowest BCUT2D eigenvalue weighted by Crippen LogP contribution is -2.41. The SMILES string of the molecule is O=C(COc1ccccc1)NC(=S)NCc1ccc(-c2nc3ncccc3o2)cc1. The highest BCUT2D eigenvalue weighted by atomic mass is 32.1. The van der Waals surface area contributed by atoms with E-state index in [9.17, 15) is 4.79 Å². The van der Waals surface area contributed by atoms with Crippen molar-refractivity contribution in [3.05, 3.63) is 78.5 Å².